The number of anilines is 1. The molecule has 1 fully saturated rings. The van der Waals surface area contributed by atoms with Crippen LogP contribution >= 0.6 is 11.6 Å². The quantitative estimate of drug-likeness (QED) is 0.179. The van der Waals surface area contributed by atoms with Crippen LogP contribution in [0.3, 0.4) is 0 Å². The maximum absolute atomic E-state index is 14.6. The van der Waals surface area contributed by atoms with Crippen LogP contribution in [-0.4, -0.2) is 43.8 Å². The summed E-state index contributed by atoms with van der Waals surface area (Å²) in [7, 11) is -4.20. The zero-order chi connectivity index (χ0) is 32.5. The van der Waals surface area contributed by atoms with Gasteiger partial charge in [0.05, 0.1) is 10.6 Å². The summed E-state index contributed by atoms with van der Waals surface area (Å²) in [5, 5.41) is 3.62. The highest BCUT2D eigenvalue weighted by molar-refractivity contribution is 7.92. The van der Waals surface area contributed by atoms with Gasteiger partial charge in [0.2, 0.25) is 11.8 Å². The summed E-state index contributed by atoms with van der Waals surface area (Å²) in [6.45, 7) is 1.34. The third kappa shape index (κ3) is 8.17. The standard InChI is InChI=1S/C37H40ClN3O4S/c1-28-33(38)23-14-24-34(28)41(46(44,45)32-21-12-5-13-22-32)27-36(42)40(26-30-17-8-3-9-18-30)35(25-29-15-6-2-7-16-29)37(43)39-31-19-10-4-11-20-31/h2-3,5-9,12-18,21-24,31,35H,4,10-11,19-20,25-27H2,1H3,(H,39,43). The third-order valence-electron chi connectivity index (χ3n) is 8.54. The summed E-state index contributed by atoms with van der Waals surface area (Å²) < 4.78 is 29.5. The van der Waals surface area contributed by atoms with Crippen molar-refractivity contribution in [2.75, 3.05) is 10.8 Å². The van der Waals surface area contributed by atoms with E-state index in [-0.39, 0.29) is 29.8 Å². The molecule has 240 valence electrons. The maximum atomic E-state index is 14.6. The molecule has 1 aliphatic carbocycles. The molecule has 1 unspecified atom stereocenters. The monoisotopic (exact) mass is 657 g/mol. The molecule has 46 heavy (non-hydrogen) atoms. The normalized spacial score (nSPS) is 14.3. The second-order valence-electron chi connectivity index (χ2n) is 11.8. The van der Waals surface area contributed by atoms with Crippen molar-refractivity contribution in [3.63, 3.8) is 0 Å². The molecule has 4 aromatic carbocycles. The van der Waals surface area contributed by atoms with Crippen molar-refractivity contribution in [2.24, 2.45) is 0 Å². The predicted molar refractivity (Wildman–Crippen MR) is 183 cm³/mol. The minimum Gasteiger partial charge on any atom is -0.352 e. The number of nitrogens with one attached hydrogen (secondary N) is 1. The van der Waals surface area contributed by atoms with Gasteiger partial charge in [0.1, 0.15) is 12.6 Å². The summed E-state index contributed by atoms with van der Waals surface area (Å²) in [6, 6.07) is 31.3. The Hall–Kier alpha value is -4.14. The van der Waals surface area contributed by atoms with Gasteiger partial charge in [0.25, 0.3) is 10.0 Å². The van der Waals surface area contributed by atoms with Crippen LogP contribution in [0.4, 0.5) is 5.69 Å². The van der Waals surface area contributed by atoms with E-state index < -0.39 is 28.5 Å². The van der Waals surface area contributed by atoms with E-state index in [1.54, 1.807) is 43.3 Å². The largest absolute Gasteiger partial charge is 0.352 e. The number of amides is 2. The molecule has 1 aliphatic rings. The van der Waals surface area contributed by atoms with E-state index in [1.807, 2.05) is 60.7 Å². The molecule has 0 spiro atoms. The van der Waals surface area contributed by atoms with Crippen molar-refractivity contribution < 1.29 is 18.0 Å². The molecule has 0 saturated heterocycles. The molecule has 1 N–H and O–H groups in total. The highest BCUT2D eigenvalue weighted by Crippen LogP contribution is 2.31. The first kappa shape index (κ1) is 33.2. The number of benzene rings is 4. The molecule has 0 radical (unpaired) electrons. The molecular weight excluding hydrogens is 618 g/mol. The van der Waals surface area contributed by atoms with Gasteiger partial charge in [-0.3, -0.25) is 13.9 Å². The lowest BCUT2D eigenvalue weighted by atomic mass is 9.94. The lowest BCUT2D eigenvalue weighted by Gasteiger charge is -2.35. The highest BCUT2D eigenvalue weighted by Gasteiger charge is 2.36. The third-order valence-corrected chi connectivity index (χ3v) is 10.7. The molecular formula is C37H40ClN3O4S. The number of rotatable bonds is 12. The average molecular weight is 658 g/mol. The number of hydrogen-bond acceptors (Lipinski definition) is 4. The summed E-state index contributed by atoms with van der Waals surface area (Å²) in [6.07, 6.45) is 5.31. The van der Waals surface area contributed by atoms with Gasteiger partial charge in [0, 0.05) is 24.0 Å². The average Bonchev–Trinajstić information content (AvgIpc) is 3.08. The van der Waals surface area contributed by atoms with E-state index in [0.717, 1.165) is 47.5 Å². The lowest BCUT2D eigenvalue weighted by molar-refractivity contribution is -0.140. The zero-order valence-electron chi connectivity index (χ0n) is 26.0. The van der Waals surface area contributed by atoms with Gasteiger partial charge in [-0.25, -0.2) is 8.42 Å². The van der Waals surface area contributed by atoms with Crippen molar-refractivity contribution >= 4 is 39.1 Å². The Morgan fingerprint density at radius 1 is 0.804 bits per heavy atom. The van der Waals surface area contributed by atoms with Gasteiger partial charge in [-0.05, 0) is 60.7 Å². The minimum absolute atomic E-state index is 0.0391. The van der Waals surface area contributed by atoms with Crippen LogP contribution in [0.2, 0.25) is 5.02 Å². The van der Waals surface area contributed by atoms with Crippen LogP contribution in [0, 0.1) is 6.92 Å². The van der Waals surface area contributed by atoms with Crippen LogP contribution in [0.25, 0.3) is 0 Å². The fourth-order valence-corrected chi connectivity index (χ4v) is 7.64. The molecule has 0 aromatic heterocycles. The van der Waals surface area contributed by atoms with Gasteiger partial charge in [-0.2, -0.15) is 0 Å². The van der Waals surface area contributed by atoms with E-state index >= 15 is 0 Å². The first-order valence-electron chi connectivity index (χ1n) is 15.7. The Bertz CT molecular complexity index is 1710. The van der Waals surface area contributed by atoms with E-state index in [1.165, 1.54) is 17.0 Å². The molecule has 1 saturated carbocycles. The molecule has 5 rings (SSSR count). The second-order valence-corrected chi connectivity index (χ2v) is 14.0. The zero-order valence-corrected chi connectivity index (χ0v) is 27.6. The van der Waals surface area contributed by atoms with E-state index in [9.17, 15) is 18.0 Å². The summed E-state index contributed by atoms with van der Waals surface area (Å²) >= 11 is 6.47. The van der Waals surface area contributed by atoms with E-state index in [4.69, 9.17) is 11.6 Å². The summed E-state index contributed by atoms with van der Waals surface area (Å²) in [4.78, 5) is 30.4. The van der Waals surface area contributed by atoms with E-state index in [2.05, 4.69) is 5.32 Å². The Kier molecular flexibility index (Phi) is 11.1. The Balaban J connectivity index is 1.57. The lowest BCUT2D eigenvalue weighted by Crippen LogP contribution is -2.55. The number of halogens is 1. The Morgan fingerprint density at radius 2 is 1.39 bits per heavy atom. The number of carbonyl (C=O) groups is 2. The van der Waals surface area contributed by atoms with Crippen molar-refractivity contribution in [1.29, 1.82) is 0 Å². The van der Waals surface area contributed by atoms with Crippen LogP contribution < -0.4 is 9.62 Å². The topological polar surface area (TPSA) is 86.8 Å². The fourth-order valence-electron chi connectivity index (χ4n) is 5.98. The molecule has 7 nitrogen and oxygen atoms in total. The fraction of sp³-hybridized carbons (Fsp3) is 0.297. The maximum Gasteiger partial charge on any atom is 0.264 e. The summed E-state index contributed by atoms with van der Waals surface area (Å²) in [5.41, 5.74) is 2.56. The van der Waals surface area contributed by atoms with E-state index in [0.29, 0.717) is 16.3 Å². The van der Waals surface area contributed by atoms with Gasteiger partial charge < -0.3 is 10.2 Å². The molecule has 0 aliphatic heterocycles. The van der Waals surface area contributed by atoms with Gasteiger partial charge in [-0.15, -0.1) is 0 Å². The Labute approximate surface area is 277 Å². The number of hydrogen-bond donors (Lipinski definition) is 1. The number of sulfonamides is 1. The number of carbonyl (C=O) groups excluding carboxylic acids is 2. The smallest absolute Gasteiger partial charge is 0.264 e. The van der Waals surface area contributed by atoms with Crippen LogP contribution in [-0.2, 0) is 32.6 Å². The predicted octanol–water partition coefficient (Wildman–Crippen LogP) is 6.93. The highest BCUT2D eigenvalue weighted by atomic mass is 35.5. The number of nitrogens with zero attached hydrogens (tertiary/aromatic N) is 2. The molecule has 2 amide bonds. The first-order chi connectivity index (χ1) is 22.2. The van der Waals surface area contributed by atoms with Crippen molar-refractivity contribution in [2.45, 2.75) is 69.0 Å². The van der Waals surface area contributed by atoms with Crippen LogP contribution in [0.1, 0.15) is 48.8 Å². The second kappa shape index (κ2) is 15.4. The minimum atomic E-state index is -4.20. The molecule has 0 bridgehead atoms. The molecule has 0 heterocycles. The first-order valence-corrected chi connectivity index (χ1v) is 17.6. The Morgan fingerprint density at radius 3 is 2.02 bits per heavy atom. The van der Waals surface area contributed by atoms with Crippen molar-refractivity contribution in [3.05, 3.63) is 131 Å². The van der Waals surface area contributed by atoms with Crippen LogP contribution in [0.5, 0.6) is 0 Å². The molecule has 1 atom stereocenters. The van der Waals surface area contributed by atoms with Gasteiger partial charge in [-0.1, -0.05) is 116 Å². The van der Waals surface area contributed by atoms with Crippen molar-refractivity contribution in [3.8, 4) is 0 Å². The van der Waals surface area contributed by atoms with Crippen molar-refractivity contribution in [1.82, 2.24) is 10.2 Å². The summed E-state index contributed by atoms with van der Waals surface area (Å²) in [5.74, 6) is -0.737. The molecule has 9 heteroatoms. The van der Waals surface area contributed by atoms with Crippen LogP contribution in [0.15, 0.2) is 114 Å². The van der Waals surface area contributed by atoms with Gasteiger partial charge in [0.15, 0.2) is 0 Å². The van der Waals surface area contributed by atoms with Gasteiger partial charge >= 0.3 is 0 Å². The SMILES string of the molecule is Cc1c(Cl)cccc1N(CC(=O)N(Cc1ccccc1)C(Cc1ccccc1)C(=O)NC1CCCCC1)S(=O)(=O)c1ccccc1. The molecule has 4 aromatic rings.